The van der Waals surface area contributed by atoms with E-state index in [4.69, 9.17) is 11.6 Å². The summed E-state index contributed by atoms with van der Waals surface area (Å²) in [5.41, 5.74) is 4.13. The number of hydrogen-bond donors (Lipinski definition) is 0. The molecule has 0 radical (unpaired) electrons. The third kappa shape index (κ3) is 6.82. The number of rotatable bonds is 11. The number of benzene rings is 2. The normalized spacial score (nSPS) is 14.9. The SMILES string of the molecule is CCCCCc1ccc(C(=O)N(CCCC)CC(=O)N2CCc3sccc3C2c2ccc(Cl)cc2)cc1. The second-order valence-corrected chi connectivity index (χ2v) is 11.3. The van der Waals surface area contributed by atoms with Gasteiger partial charge in [0.15, 0.2) is 0 Å². The molecule has 0 N–H and O–H groups in total. The van der Waals surface area contributed by atoms with Gasteiger partial charge in [-0.3, -0.25) is 9.59 Å². The molecule has 0 bridgehead atoms. The Kier molecular flexibility index (Phi) is 9.81. The molecule has 6 heteroatoms. The van der Waals surface area contributed by atoms with Gasteiger partial charge in [0.05, 0.1) is 6.04 Å². The van der Waals surface area contributed by atoms with E-state index in [9.17, 15) is 9.59 Å². The van der Waals surface area contributed by atoms with Crippen molar-refractivity contribution in [2.45, 2.75) is 64.8 Å². The van der Waals surface area contributed by atoms with Gasteiger partial charge >= 0.3 is 0 Å². The molecular weight excluding hydrogens is 500 g/mol. The fraction of sp³-hybridized carbons (Fsp3) is 0.419. The third-order valence-electron chi connectivity index (χ3n) is 7.14. The topological polar surface area (TPSA) is 40.6 Å². The summed E-state index contributed by atoms with van der Waals surface area (Å²) in [6, 6.07) is 17.7. The minimum Gasteiger partial charge on any atom is -0.330 e. The van der Waals surface area contributed by atoms with Crippen molar-refractivity contribution in [2.75, 3.05) is 19.6 Å². The molecule has 2 heterocycles. The van der Waals surface area contributed by atoms with E-state index in [2.05, 4.69) is 37.4 Å². The van der Waals surface area contributed by atoms with Gasteiger partial charge in [-0.1, -0.05) is 69.0 Å². The first-order valence-corrected chi connectivity index (χ1v) is 14.8. The van der Waals surface area contributed by atoms with Gasteiger partial charge in [0, 0.05) is 28.6 Å². The fourth-order valence-corrected chi connectivity index (χ4v) is 6.05. The maximum atomic E-state index is 13.8. The Morgan fingerprint density at radius 3 is 2.41 bits per heavy atom. The molecule has 1 atom stereocenters. The zero-order valence-corrected chi connectivity index (χ0v) is 23.5. The fourth-order valence-electron chi connectivity index (χ4n) is 5.02. The van der Waals surface area contributed by atoms with Crippen LogP contribution in [0, 0.1) is 0 Å². The molecule has 0 aliphatic carbocycles. The molecule has 196 valence electrons. The van der Waals surface area contributed by atoms with E-state index < -0.39 is 0 Å². The molecule has 2 aromatic carbocycles. The van der Waals surface area contributed by atoms with Gasteiger partial charge in [0.1, 0.15) is 6.54 Å². The van der Waals surface area contributed by atoms with E-state index in [1.165, 1.54) is 28.8 Å². The first-order valence-electron chi connectivity index (χ1n) is 13.5. The van der Waals surface area contributed by atoms with Crippen LogP contribution >= 0.6 is 22.9 Å². The van der Waals surface area contributed by atoms with E-state index in [-0.39, 0.29) is 24.4 Å². The van der Waals surface area contributed by atoms with Gasteiger partial charge < -0.3 is 9.80 Å². The van der Waals surface area contributed by atoms with Crippen LogP contribution < -0.4 is 0 Å². The molecule has 37 heavy (non-hydrogen) atoms. The minimum atomic E-state index is -0.162. The number of amides is 2. The largest absolute Gasteiger partial charge is 0.330 e. The monoisotopic (exact) mass is 536 g/mol. The summed E-state index contributed by atoms with van der Waals surface area (Å²) in [4.78, 5) is 32.3. The molecule has 1 aliphatic rings. The molecule has 0 saturated carbocycles. The Morgan fingerprint density at radius 2 is 1.70 bits per heavy atom. The Hall–Kier alpha value is -2.63. The highest BCUT2D eigenvalue weighted by Gasteiger charge is 2.34. The van der Waals surface area contributed by atoms with Crippen molar-refractivity contribution in [3.63, 3.8) is 0 Å². The molecule has 4 nitrogen and oxygen atoms in total. The number of hydrogen-bond acceptors (Lipinski definition) is 3. The van der Waals surface area contributed by atoms with Crippen LogP contribution in [-0.4, -0.2) is 41.2 Å². The number of thiophene rings is 1. The predicted octanol–water partition coefficient (Wildman–Crippen LogP) is 7.55. The lowest BCUT2D eigenvalue weighted by molar-refractivity contribution is -0.134. The lowest BCUT2D eigenvalue weighted by Gasteiger charge is -2.37. The molecule has 2 amide bonds. The van der Waals surface area contributed by atoms with Crippen LogP contribution in [0.1, 0.15) is 83.9 Å². The van der Waals surface area contributed by atoms with Crippen LogP contribution in [0.25, 0.3) is 0 Å². The Morgan fingerprint density at radius 1 is 0.973 bits per heavy atom. The van der Waals surface area contributed by atoms with Gasteiger partial charge in [-0.25, -0.2) is 0 Å². The lowest BCUT2D eigenvalue weighted by atomic mass is 9.93. The molecule has 1 aliphatic heterocycles. The summed E-state index contributed by atoms with van der Waals surface area (Å²) < 4.78 is 0. The van der Waals surface area contributed by atoms with Crippen molar-refractivity contribution >= 4 is 34.8 Å². The summed E-state index contributed by atoms with van der Waals surface area (Å²) in [6.45, 7) is 5.61. The number of fused-ring (bicyclic) bond motifs is 1. The first kappa shape index (κ1) is 27.4. The summed E-state index contributed by atoms with van der Waals surface area (Å²) >= 11 is 7.90. The highest BCUT2D eigenvalue weighted by molar-refractivity contribution is 7.10. The zero-order chi connectivity index (χ0) is 26.2. The van der Waals surface area contributed by atoms with Gasteiger partial charge in [-0.2, -0.15) is 0 Å². The Balaban J connectivity index is 1.53. The smallest absolute Gasteiger partial charge is 0.254 e. The first-order chi connectivity index (χ1) is 18.0. The molecule has 0 fully saturated rings. The molecular formula is C31H37ClN2O2S. The van der Waals surface area contributed by atoms with Gasteiger partial charge in [0.2, 0.25) is 5.91 Å². The predicted molar refractivity (Wildman–Crippen MR) is 154 cm³/mol. The number of carbonyl (C=O) groups excluding carboxylic acids is 2. The van der Waals surface area contributed by atoms with Crippen molar-refractivity contribution in [3.05, 3.63) is 92.1 Å². The standard InChI is InChI=1S/C31H37ClN2O2S/c1-3-5-7-8-23-9-11-25(12-10-23)31(36)33(19-6-4-2)22-29(35)34-20-17-28-27(18-21-37-28)30(34)24-13-15-26(32)16-14-24/h9-16,18,21,30H,3-8,17,19-20,22H2,1-2H3. The average molecular weight is 537 g/mol. The van der Waals surface area contributed by atoms with Crippen molar-refractivity contribution in [1.82, 2.24) is 9.80 Å². The molecule has 0 spiro atoms. The number of carbonyl (C=O) groups is 2. The van der Waals surface area contributed by atoms with E-state index >= 15 is 0 Å². The van der Waals surface area contributed by atoms with Crippen LogP contribution in [0.4, 0.5) is 0 Å². The number of nitrogens with zero attached hydrogens (tertiary/aromatic N) is 2. The van der Waals surface area contributed by atoms with Crippen LogP contribution in [0.15, 0.2) is 60.0 Å². The van der Waals surface area contributed by atoms with Crippen LogP contribution in [-0.2, 0) is 17.6 Å². The highest BCUT2D eigenvalue weighted by Crippen LogP contribution is 2.38. The van der Waals surface area contributed by atoms with Gasteiger partial charge in [-0.05, 0) is 78.1 Å². The number of halogens is 1. The second kappa shape index (κ2) is 13.3. The van der Waals surface area contributed by atoms with Crippen molar-refractivity contribution in [2.24, 2.45) is 0 Å². The van der Waals surface area contributed by atoms with Crippen molar-refractivity contribution in [3.8, 4) is 0 Å². The average Bonchev–Trinajstić information content (AvgIpc) is 3.40. The summed E-state index contributed by atoms with van der Waals surface area (Å²) in [6.07, 6.45) is 7.27. The van der Waals surface area contributed by atoms with E-state index in [0.29, 0.717) is 23.7 Å². The molecule has 4 rings (SSSR count). The summed E-state index contributed by atoms with van der Waals surface area (Å²) in [5.74, 6) is -0.0874. The number of unbranched alkanes of at least 4 members (excludes halogenated alkanes) is 3. The second-order valence-electron chi connectivity index (χ2n) is 9.82. The highest BCUT2D eigenvalue weighted by atomic mass is 35.5. The molecule has 1 aromatic heterocycles. The molecule has 1 unspecified atom stereocenters. The van der Waals surface area contributed by atoms with Crippen LogP contribution in [0.3, 0.4) is 0 Å². The van der Waals surface area contributed by atoms with Gasteiger partial charge in [-0.15, -0.1) is 11.3 Å². The maximum absolute atomic E-state index is 13.8. The third-order valence-corrected chi connectivity index (χ3v) is 8.39. The zero-order valence-electron chi connectivity index (χ0n) is 21.9. The molecule has 3 aromatic rings. The quantitative estimate of drug-likeness (QED) is 0.237. The van der Waals surface area contributed by atoms with E-state index in [1.807, 2.05) is 41.3 Å². The van der Waals surface area contributed by atoms with Crippen molar-refractivity contribution in [1.29, 1.82) is 0 Å². The minimum absolute atomic E-state index is 0.0163. The van der Waals surface area contributed by atoms with Crippen LogP contribution in [0.2, 0.25) is 5.02 Å². The molecule has 0 saturated heterocycles. The Labute approximate surface area is 230 Å². The van der Waals surface area contributed by atoms with Crippen LogP contribution in [0.5, 0.6) is 0 Å². The maximum Gasteiger partial charge on any atom is 0.254 e. The summed E-state index contributed by atoms with van der Waals surface area (Å²) in [5, 5.41) is 2.78. The van der Waals surface area contributed by atoms with Crippen molar-refractivity contribution < 1.29 is 9.59 Å². The summed E-state index contributed by atoms with van der Waals surface area (Å²) in [7, 11) is 0. The van der Waals surface area contributed by atoms with Gasteiger partial charge in [0.25, 0.3) is 5.91 Å². The Bertz CT molecular complexity index is 1170. The lowest BCUT2D eigenvalue weighted by Crippen LogP contribution is -2.47. The number of aryl methyl sites for hydroxylation is 1. The van der Waals surface area contributed by atoms with E-state index in [0.717, 1.165) is 37.7 Å². The van der Waals surface area contributed by atoms with E-state index in [1.54, 1.807) is 16.2 Å².